The zero-order valence-electron chi connectivity index (χ0n) is 10.7. The number of carbonyl (C=O) groups is 1. The van der Waals surface area contributed by atoms with Crippen molar-refractivity contribution in [3.8, 4) is 0 Å². The second-order valence-electron chi connectivity index (χ2n) is 4.88. The number of ketones is 1. The average Bonchev–Trinajstić information content (AvgIpc) is 2.38. The number of benzene rings is 2. The summed E-state index contributed by atoms with van der Waals surface area (Å²) >= 11 is 0. The molecule has 0 aromatic heterocycles. The SMILES string of the molecule is Cc1cc2c(cc1S(=O)(=O)Cl)Cc1ccccc1C2=O. The molecule has 0 saturated heterocycles. The molecule has 1 aliphatic carbocycles. The van der Waals surface area contributed by atoms with Gasteiger partial charge in [0, 0.05) is 21.8 Å². The lowest BCUT2D eigenvalue weighted by Crippen LogP contribution is -2.16. The molecule has 3 nitrogen and oxygen atoms in total. The molecule has 2 aromatic carbocycles. The van der Waals surface area contributed by atoms with Crippen molar-refractivity contribution >= 4 is 25.5 Å². The van der Waals surface area contributed by atoms with Crippen LogP contribution in [0.5, 0.6) is 0 Å². The second-order valence-corrected chi connectivity index (χ2v) is 7.41. The number of rotatable bonds is 1. The minimum atomic E-state index is -3.80. The highest BCUT2D eigenvalue weighted by Crippen LogP contribution is 2.31. The van der Waals surface area contributed by atoms with Gasteiger partial charge in [-0.25, -0.2) is 8.42 Å². The van der Waals surface area contributed by atoms with Crippen molar-refractivity contribution in [2.24, 2.45) is 0 Å². The molecule has 0 amide bonds. The molecule has 0 bridgehead atoms. The van der Waals surface area contributed by atoms with E-state index in [0.717, 1.165) is 5.56 Å². The van der Waals surface area contributed by atoms with Crippen LogP contribution in [0.25, 0.3) is 0 Å². The molecule has 20 heavy (non-hydrogen) atoms. The third-order valence-corrected chi connectivity index (χ3v) is 5.01. The van der Waals surface area contributed by atoms with E-state index in [4.69, 9.17) is 10.7 Å². The van der Waals surface area contributed by atoms with Gasteiger partial charge >= 0.3 is 0 Å². The summed E-state index contributed by atoms with van der Waals surface area (Å²) in [6.07, 6.45) is 0.539. The first-order valence-electron chi connectivity index (χ1n) is 6.09. The van der Waals surface area contributed by atoms with Crippen LogP contribution >= 0.6 is 10.7 Å². The molecule has 0 N–H and O–H groups in total. The Balaban J connectivity index is 2.24. The molecule has 0 heterocycles. The van der Waals surface area contributed by atoms with Crippen molar-refractivity contribution in [3.05, 3.63) is 64.2 Å². The van der Waals surface area contributed by atoms with Gasteiger partial charge in [-0.2, -0.15) is 0 Å². The van der Waals surface area contributed by atoms with Crippen molar-refractivity contribution < 1.29 is 13.2 Å². The van der Waals surface area contributed by atoms with Gasteiger partial charge in [-0.1, -0.05) is 24.3 Å². The van der Waals surface area contributed by atoms with Crippen LogP contribution in [0.3, 0.4) is 0 Å². The Kier molecular flexibility index (Phi) is 2.96. The molecule has 1 aliphatic rings. The molecule has 0 radical (unpaired) electrons. The van der Waals surface area contributed by atoms with E-state index in [9.17, 15) is 13.2 Å². The number of hydrogen-bond acceptors (Lipinski definition) is 3. The Labute approximate surface area is 121 Å². The van der Waals surface area contributed by atoms with Crippen LogP contribution in [0.1, 0.15) is 32.6 Å². The first-order chi connectivity index (χ1) is 9.38. The van der Waals surface area contributed by atoms with Crippen LogP contribution in [0.2, 0.25) is 0 Å². The van der Waals surface area contributed by atoms with E-state index in [1.165, 1.54) is 6.07 Å². The standard InChI is InChI=1S/C15H11ClO3S/c1-9-6-13-11(8-14(9)20(16,18)19)7-10-4-2-3-5-12(10)15(13)17/h2-6,8H,7H2,1H3. The second kappa shape index (κ2) is 4.43. The van der Waals surface area contributed by atoms with Gasteiger partial charge in [0.05, 0.1) is 4.90 Å². The van der Waals surface area contributed by atoms with Gasteiger partial charge in [0.1, 0.15) is 0 Å². The lowest BCUT2D eigenvalue weighted by Gasteiger charge is -2.19. The average molecular weight is 307 g/mol. The molecule has 102 valence electrons. The first kappa shape index (κ1) is 13.3. The van der Waals surface area contributed by atoms with Crippen LogP contribution in [-0.4, -0.2) is 14.2 Å². The normalized spacial score (nSPS) is 13.8. The highest BCUT2D eigenvalue weighted by Gasteiger charge is 2.26. The minimum absolute atomic E-state index is 0.0662. The molecule has 5 heteroatoms. The van der Waals surface area contributed by atoms with E-state index < -0.39 is 9.05 Å². The van der Waals surface area contributed by atoms with Gasteiger partial charge in [0.2, 0.25) is 0 Å². The Morgan fingerprint density at radius 3 is 2.45 bits per heavy atom. The zero-order chi connectivity index (χ0) is 14.5. The summed E-state index contributed by atoms with van der Waals surface area (Å²) in [6.45, 7) is 1.64. The van der Waals surface area contributed by atoms with E-state index in [0.29, 0.717) is 28.7 Å². The predicted molar refractivity (Wildman–Crippen MR) is 76.9 cm³/mol. The van der Waals surface area contributed by atoms with E-state index in [-0.39, 0.29) is 10.7 Å². The lowest BCUT2D eigenvalue weighted by molar-refractivity contribution is 0.103. The number of carbonyl (C=O) groups excluding carboxylic acids is 1. The summed E-state index contributed by atoms with van der Waals surface area (Å²) in [4.78, 5) is 12.5. The summed E-state index contributed by atoms with van der Waals surface area (Å²) in [7, 11) is 1.63. The zero-order valence-corrected chi connectivity index (χ0v) is 12.3. The van der Waals surface area contributed by atoms with Gasteiger partial charge in [0.15, 0.2) is 5.78 Å². The number of fused-ring (bicyclic) bond motifs is 2. The monoisotopic (exact) mass is 306 g/mol. The molecular weight excluding hydrogens is 296 g/mol. The fourth-order valence-corrected chi connectivity index (χ4v) is 3.82. The van der Waals surface area contributed by atoms with Gasteiger partial charge in [-0.15, -0.1) is 0 Å². The summed E-state index contributed by atoms with van der Waals surface area (Å²) in [5, 5.41) is 0. The maximum absolute atomic E-state index is 12.4. The first-order valence-corrected chi connectivity index (χ1v) is 8.39. The molecule has 0 aliphatic heterocycles. The van der Waals surface area contributed by atoms with Gasteiger partial charge in [-0.3, -0.25) is 4.79 Å². The predicted octanol–water partition coefficient (Wildman–Crippen LogP) is 3.06. The fraction of sp³-hybridized carbons (Fsp3) is 0.133. The van der Waals surface area contributed by atoms with Crippen molar-refractivity contribution in [3.63, 3.8) is 0 Å². The smallest absolute Gasteiger partial charge is 0.261 e. The maximum atomic E-state index is 12.4. The van der Waals surface area contributed by atoms with Crippen LogP contribution in [0.15, 0.2) is 41.3 Å². The summed E-state index contributed by atoms with van der Waals surface area (Å²) in [5.41, 5.74) is 3.35. The summed E-state index contributed by atoms with van der Waals surface area (Å²) < 4.78 is 23.1. The molecule has 0 unspecified atom stereocenters. The number of hydrogen-bond donors (Lipinski definition) is 0. The summed E-state index contributed by atoms with van der Waals surface area (Å²) in [6, 6.07) is 10.5. The molecule has 0 atom stereocenters. The van der Waals surface area contributed by atoms with Crippen molar-refractivity contribution in [1.29, 1.82) is 0 Å². The molecule has 0 spiro atoms. The lowest BCUT2D eigenvalue weighted by atomic mass is 9.84. The van der Waals surface area contributed by atoms with Gasteiger partial charge < -0.3 is 0 Å². The van der Waals surface area contributed by atoms with Gasteiger partial charge in [0.25, 0.3) is 9.05 Å². The van der Waals surface area contributed by atoms with Crippen molar-refractivity contribution in [1.82, 2.24) is 0 Å². The van der Waals surface area contributed by atoms with Crippen LogP contribution in [-0.2, 0) is 15.5 Å². The van der Waals surface area contributed by atoms with E-state index in [1.54, 1.807) is 19.1 Å². The van der Waals surface area contributed by atoms with Gasteiger partial charge in [-0.05, 0) is 42.2 Å². The number of halogens is 1. The van der Waals surface area contributed by atoms with E-state index in [2.05, 4.69) is 0 Å². The molecule has 0 saturated carbocycles. The molecule has 3 rings (SSSR count). The van der Waals surface area contributed by atoms with E-state index in [1.807, 2.05) is 18.2 Å². The molecule has 2 aromatic rings. The highest BCUT2D eigenvalue weighted by atomic mass is 35.7. The van der Waals surface area contributed by atoms with Crippen molar-refractivity contribution in [2.75, 3.05) is 0 Å². The fourth-order valence-electron chi connectivity index (χ4n) is 2.60. The quantitative estimate of drug-likeness (QED) is 0.649. The van der Waals surface area contributed by atoms with Crippen LogP contribution in [0, 0.1) is 6.92 Å². The van der Waals surface area contributed by atoms with Crippen molar-refractivity contribution in [2.45, 2.75) is 18.2 Å². The third-order valence-electron chi connectivity index (χ3n) is 3.55. The Morgan fingerprint density at radius 1 is 1.05 bits per heavy atom. The molecule has 0 fully saturated rings. The maximum Gasteiger partial charge on any atom is 0.261 e. The van der Waals surface area contributed by atoms with E-state index >= 15 is 0 Å². The topological polar surface area (TPSA) is 51.2 Å². The highest BCUT2D eigenvalue weighted by molar-refractivity contribution is 8.13. The Hall–Kier alpha value is -1.65. The Bertz CT molecular complexity index is 838. The minimum Gasteiger partial charge on any atom is -0.289 e. The third kappa shape index (κ3) is 2.05. The van der Waals surface area contributed by atoms with Crippen LogP contribution in [0.4, 0.5) is 0 Å². The molecular formula is C15H11ClO3S. The Morgan fingerprint density at radius 2 is 1.75 bits per heavy atom. The number of aryl methyl sites for hydroxylation is 1. The summed E-state index contributed by atoms with van der Waals surface area (Å²) in [5.74, 6) is -0.0662. The van der Waals surface area contributed by atoms with Crippen LogP contribution < -0.4 is 0 Å². The largest absolute Gasteiger partial charge is 0.289 e.